The molecular weight excluding hydrogens is 339 g/mol. The van der Waals surface area contributed by atoms with Crippen molar-refractivity contribution in [1.29, 1.82) is 0 Å². The SMILES string of the molecule is COC(=O)c1ccc(NC(=O)CCC2CCNCC2)cc1Cl.Cl. The molecule has 1 aromatic rings. The van der Waals surface area contributed by atoms with Crippen molar-refractivity contribution in [3.8, 4) is 0 Å². The molecule has 23 heavy (non-hydrogen) atoms. The van der Waals surface area contributed by atoms with E-state index >= 15 is 0 Å². The van der Waals surface area contributed by atoms with Crippen molar-refractivity contribution in [2.75, 3.05) is 25.5 Å². The predicted molar refractivity (Wildman–Crippen MR) is 93.5 cm³/mol. The quantitative estimate of drug-likeness (QED) is 0.790. The predicted octanol–water partition coefficient (Wildman–Crippen LogP) is 3.27. The Hall–Kier alpha value is -1.30. The summed E-state index contributed by atoms with van der Waals surface area (Å²) in [5.74, 6) is 0.103. The highest BCUT2D eigenvalue weighted by Gasteiger charge is 2.15. The Morgan fingerprint density at radius 3 is 2.65 bits per heavy atom. The first-order chi connectivity index (χ1) is 10.6. The second-order valence-corrected chi connectivity index (χ2v) is 5.87. The van der Waals surface area contributed by atoms with Crippen LogP contribution in [0.4, 0.5) is 5.69 Å². The molecule has 0 spiro atoms. The molecule has 5 nitrogen and oxygen atoms in total. The van der Waals surface area contributed by atoms with Gasteiger partial charge in [-0.2, -0.15) is 0 Å². The molecule has 1 saturated heterocycles. The topological polar surface area (TPSA) is 67.4 Å². The van der Waals surface area contributed by atoms with Gasteiger partial charge in [-0.25, -0.2) is 4.79 Å². The van der Waals surface area contributed by atoms with Crippen molar-refractivity contribution >= 4 is 41.6 Å². The van der Waals surface area contributed by atoms with Gasteiger partial charge >= 0.3 is 5.97 Å². The second kappa shape index (κ2) is 9.75. The molecule has 2 N–H and O–H groups in total. The molecule has 1 aliphatic rings. The lowest BCUT2D eigenvalue weighted by Gasteiger charge is -2.22. The van der Waals surface area contributed by atoms with Gasteiger partial charge in [-0.15, -0.1) is 12.4 Å². The minimum absolute atomic E-state index is 0. The van der Waals surface area contributed by atoms with Gasteiger partial charge in [-0.05, 0) is 56.5 Å². The standard InChI is InChI=1S/C16H21ClN2O3.ClH/c1-22-16(21)13-4-3-12(10-14(13)17)19-15(20)5-2-11-6-8-18-9-7-11;/h3-4,10-11,18H,2,5-9H2,1H3,(H,19,20);1H. The summed E-state index contributed by atoms with van der Waals surface area (Å²) in [6.07, 6.45) is 3.67. The fraction of sp³-hybridized carbons (Fsp3) is 0.500. The highest BCUT2D eigenvalue weighted by Crippen LogP contribution is 2.23. The fourth-order valence-corrected chi connectivity index (χ4v) is 2.86. The largest absolute Gasteiger partial charge is 0.465 e. The molecule has 1 amide bonds. The van der Waals surface area contributed by atoms with Gasteiger partial charge in [-0.1, -0.05) is 11.6 Å². The van der Waals surface area contributed by atoms with Crippen LogP contribution in [0.5, 0.6) is 0 Å². The Morgan fingerprint density at radius 2 is 2.04 bits per heavy atom. The van der Waals surface area contributed by atoms with Crippen molar-refractivity contribution in [2.45, 2.75) is 25.7 Å². The number of rotatable bonds is 5. The molecule has 1 fully saturated rings. The third kappa shape index (κ3) is 6.01. The number of benzene rings is 1. The zero-order valence-electron chi connectivity index (χ0n) is 13.1. The molecule has 0 radical (unpaired) electrons. The number of ether oxygens (including phenoxy) is 1. The Bertz CT molecular complexity index is 546. The van der Waals surface area contributed by atoms with Crippen LogP contribution in [0.3, 0.4) is 0 Å². The smallest absolute Gasteiger partial charge is 0.339 e. The summed E-state index contributed by atoms with van der Waals surface area (Å²) in [5.41, 5.74) is 0.879. The minimum atomic E-state index is -0.492. The van der Waals surface area contributed by atoms with Gasteiger partial charge < -0.3 is 15.4 Å². The van der Waals surface area contributed by atoms with Crippen molar-refractivity contribution in [2.24, 2.45) is 5.92 Å². The second-order valence-electron chi connectivity index (χ2n) is 5.47. The molecular formula is C16H22Cl2N2O3. The lowest BCUT2D eigenvalue weighted by Crippen LogP contribution is -2.28. The number of hydrogen-bond donors (Lipinski definition) is 2. The van der Waals surface area contributed by atoms with Crippen molar-refractivity contribution in [3.63, 3.8) is 0 Å². The van der Waals surface area contributed by atoms with E-state index in [1.165, 1.54) is 7.11 Å². The first-order valence-corrected chi connectivity index (χ1v) is 7.86. The van der Waals surface area contributed by atoms with Gasteiger partial charge in [0.15, 0.2) is 0 Å². The highest BCUT2D eigenvalue weighted by molar-refractivity contribution is 6.33. The summed E-state index contributed by atoms with van der Waals surface area (Å²) in [6.45, 7) is 2.08. The van der Waals surface area contributed by atoms with Gasteiger partial charge in [0.1, 0.15) is 0 Å². The number of piperidine rings is 1. The Labute approximate surface area is 147 Å². The normalized spacial score (nSPS) is 14.7. The van der Waals surface area contributed by atoms with Crippen LogP contribution in [0.25, 0.3) is 0 Å². The summed E-state index contributed by atoms with van der Waals surface area (Å²) in [5, 5.41) is 6.40. The fourth-order valence-electron chi connectivity index (χ4n) is 2.60. The average molecular weight is 361 g/mol. The molecule has 2 rings (SSSR count). The number of carbonyl (C=O) groups is 2. The molecule has 128 valence electrons. The zero-order chi connectivity index (χ0) is 15.9. The van der Waals surface area contributed by atoms with E-state index in [9.17, 15) is 9.59 Å². The van der Waals surface area contributed by atoms with Crippen LogP contribution in [0.15, 0.2) is 18.2 Å². The highest BCUT2D eigenvalue weighted by atomic mass is 35.5. The van der Waals surface area contributed by atoms with Gasteiger partial charge in [0, 0.05) is 12.1 Å². The molecule has 1 heterocycles. The van der Waals surface area contributed by atoms with Gasteiger partial charge in [-0.3, -0.25) is 4.79 Å². The Kier molecular flexibility index (Phi) is 8.37. The maximum atomic E-state index is 12.0. The van der Waals surface area contributed by atoms with Crippen molar-refractivity contribution in [1.82, 2.24) is 5.32 Å². The van der Waals surface area contributed by atoms with Crippen LogP contribution in [-0.4, -0.2) is 32.1 Å². The minimum Gasteiger partial charge on any atom is -0.465 e. The Morgan fingerprint density at radius 1 is 1.35 bits per heavy atom. The molecule has 0 aromatic heterocycles. The maximum Gasteiger partial charge on any atom is 0.339 e. The number of nitrogens with one attached hydrogen (secondary N) is 2. The summed E-state index contributed by atoms with van der Waals surface area (Å²) < 4.78 is 4.63. The van der Waals surface area contributed by atoms with Gasteiger partial charge in [0.05, 0.1) is 17.7 Å². The van der Waals surface area contributed by atoms with Gasteiger partial charge in [0.25, 0.3) is 0 Å². The van der Waals surface area contributed by atoms with Gasteiger partial charge in [0.2, 0.25) is 5.91 Å². The van der Waals surface area contributed by atoms with Crippen LogP contribution >= 0.6 is 24.0 Å². The molecule has 0 aliphatic carbocycles. The van der Waals surface area contributed by atoms with Crippen LogP contribution in [-0.2, 0) is 9.53 Å². The lowest BCUT2D eigenvalue weighted by atomic mass is 9.93. The van der Waals surface area contributed by atoms with E-state index in [4.69, 9.17) is 11.6 Å². The number of halogens is 2. The zero-order valence-corrected chi connectivity index (χ0v) is 14.6. The number of hydrogen-bond acceptors (Lipinski definition) is 4. The summed E-state index contributed by atoms with van der Waals surface area (Å²) >= 11 is 6.03. The van der Waals surface area contributed by atoms with E-state index in [-0.39, 0.29) is 28.9 Å². The number of anilines is 1. The van der Waals surface area contributed by atoms with E-state index in [0.717, 1.165) is 32.4 Å². The number of amides is 1. The summed E-state index contributed by atoms with van der Waals surface area (Å²) in [7, 11) is 1.30. The lowest BCUT2D eigenvalue weighted by molar-refractivity contribution is -0.116. The first kappa shape index (κ1) is 19.7. The summed E-state index contributed by atoms with van der Waals surface area (Å²) in [4.78, 5) is 23.4. The molecule has 1 aliphatic heterocycles. The van der Waals surface area contributed by atoms with E-state index < -0.39 is 5.97 Å². The molecule has 0 unspecified atom stereocenters. The first-order valence-electron chi connectivity index (χ1n) is 7.48. The van der Waals surface area contributed by atoms with Crippen molar-refractivity contribution in [3.05, 3.63) is 28.8 Å². The molecule has 0 saturated carbocycles. The van der Waals surface area contributed by atoms with E-state index in [1.807, 2.05) is 0 Å². The number of esters is 1. The van der Waals surface area contributed by atoms with Crippen LogP contribution in [0, 0.1) is 5.92 Å². The molecule has 7 heteroatoms. The van der Waals surface area contributed by atoms with Crippen LogP contribution in [0.1, 0.15) is 36.0 Å². The van der Waals surface area contributed by atoms with Crippen LogP contribution < -0.4 is 10.6 Å². The van der Waals surface area contributed by atoms with Crippen molar-refractivity contribution < 1.29 is 14.3 Å². The number of carbonyl (C=O) groups excluding carboxylic acids is 2. The third-order valence-electron chi connectivity index (χ3n) is 3.90. The number of methoxy groups -OCH3 is 1. The third-order valence-corrected chi connectivity index (χ3v) is 4.21. The maximum absolute atomic E-state index is 12.0. The molecule has 0 bridgehead atoms. The van der Waals surface area contributed by atoms with E-state index in [1.54, 1.807) is 18.2 Å². The summed E-state index contributed by atoms with van der Waals surface area (Å²) in [6, 6.07) is 4.77. The Balaban J connectivity index is 0.00000264. The van der Waals surface area contributed by atoms with E-state index in [2.05, 4.69) is 15.4 Å². The average Bonchev–Trinajstić information content (AvgIpc) is 2.53. The van der Waals surface area contributed by atoms with E-state index in [0.29, 0.717) is 18.0 Å². The molecule has 1 aromatic carbocycles. The van der Waals surface area contributed by atoms with Crippen LogP contribution in [0.2, 0.25) is 5.02 Å². The monoisotopic (exact) mass is 360 g/mol. The molecule has 0 atom stereocenters.